The predicted molar refractivity (Wildman–Crippen MR) is 126 cm³/mol. The second kappa shape index (κ2) is 5.94. The van der Waals surface area contributed by atoms with Gasteiger partial charge in [0.1, 0.15) is 12.3 Å². The van der Waals surface area contributed by atoms with Gasteiger partial charge in [0.2, 0.25) is 0 Å². The average Bonchev–Trinajstić information content (AvgIpc) is 3.45. The Bertz CT molecular complexity index is 1680. The zero-order valence-electron chi connectivity index (χ0n) is 18.0. The van der Waals surface area contributed by atoms with Crippen LogP contribution >= 0.6 is 0 Å². The third kappa shape index (κ3) is 1.96. The van der Waals surface area contributed by atoms with Gasteiger partial charge in [-0.15, -0.1) is 0 Å². The summed E-state index contributed by atoms with van der Waals surface area (Å²) in [5.74, 6) is -0.00811. The van der Waals surface area contributed by atoms with Gasteiger partial charge in [-0.25, -0.2) is 0 Å². The van der Waals surface area contributed by atoms with E-state index in [2.05, 4.69) is 44.8 Å². The molecule has 1 saturated heterocycles. The fourth-order valence-corrected chi connectivity index (χ4v) is 6.61. The van der Waals surface area contributed by atoms with Gasteiger partial charge in [0, 0.05) is 47.7 Å². The quantitative estimate of drug-likeness (QED) is 0.416. The lowest BCUT2D eigenvalue weighted by atomic mass is 9.97. The molecule has 7 nitrogen and oxygen atoms in total. The summed E-state index contributed by atoms with van der Waals surface area (Å²) >= 11 is 0. The Morgan fingerprint density at radius 1 is 1.00 bits per heavy atom. The van der Waals surface area contributed by atoms with E-state index in [0.717, 1.165) is 54.7 Å². The lowest BCUT2D eigenvalue weighted by Gasteiger charge is -2.40. The summed E-state index contributed by atoms with van der Waals surface area (Å²) in [7, 11) is 1.71. The molecule has 5 heterocycles. The van der Waals surface area contributed by atoms with Crippen molar-refractivity contribution in [3.63, 3.8) is 0 Å². The highest BCUT2D eigenvalue weighted by molar-refractivity contribution is 6.30. The van der Waals surface area contributed by atoms with Crippen molar-refractivity contribution in [3.8, 4) is 0 Å². The molecule has 2 aromatic heterocycles. The maximum atomic E-state index is 13.2. The monoisotopic (exact) mass is 438 g/mol. The van der Waals surface area contributed by atoms with Crippen LogP contribution in [0, 0.1) is 0 Å². The highest BCUT2D eigenvalue weighted by atomic mass is 16.6. The Balaban J connectivity index is 1.73. The maximum Gasteiger partial charge on any atom is 0.252 e. The second-order valence-electron chi connectivity index (χ2n) is 9.34. The van der Waals surface area contributed by atoms with Crippen LogP contribution in [0.2, 0.25) is 0 Å². The van der Waals surface area contributed by atoms with E-state index in [-0.39, 0.29) is 30.5 Å². The van der Waals surface area contributed by atoms with Gasteiger partial charge in [-0.05, 0) is 17.7 Å². The fourth-order valence-electron chi connectivity index (χ4n) is 6.61. The highest BCUT2D eigenvalue weighted by Gasteiger charge is 2.45. The van der Waals surface area contributed by atoms with E-state index in [9.17, 15) is 4.79 Å². The number of amides is 1. The number of benzene rings is 3. The number of carbonyl (C=O) groups is 1. The van der Waals surface area contributed by atoms with Crippen LogP contribution in [0.3, 0.4) is 0 Å². The first kappa shape index (κ1) is 18.1. The zero-order valence-corrected chi connectivity index (χ0v) is 18.0. The highest BCUT2D eigenvalue weighted by Crippen LogP contribution is 2.51. The van der Waals surface area contributed by atoms with E-state index < -0.39 is 0 Å². The fraction of sp³-hybridized carbons (Fsp3) is 0.269. The van der Waals surface area contributed by atoms with Crippen molar-refractivity contribution in [2.24, 2.45) is 5.73 Å². The van der Waals surface area contributed by atoms with E-state index in [4.69, 9.17) is 15.2 Å². The summed E-state index contributed by atoms with van der Waals surface area (Å²) < 4.78 is 17.3. The molecule has 0 saturated carbocycles. The summed E-state index contributed by atoms with van der Waals surface area (Å²) in [6.45, 7) is 0.524. The molecular formula is C26H22N4O3. The standard InChI is InChI=1S/C26H22N4O3/c1-32-24-15(27)10-18-29-16-8-4-3-7-13(16)20-21-14(11-28-25(21)31)19-12-6-2-5-9-17(12)30(26(24)33-18)22(19)23(20)29/h2-9,15,18,24,26H,10-11,27H2,1H3,(H,28,31)/t15-,18-,24-,26+/m1/s1. The van der Waals surface area contributed by atoms with Crippen LogP contribution in [0.5, 0.6) is 0 Å². The van der Waals surface area contributed by atoms with Crippen molar-refractivity contribution < 1.29 is 14.3 Å². The molecule has 1 amide bonds. The molecule has 2 bridgehead atoms. The first-order valence-corrected chi connectivity index (χ1v) is 11.4. The molecule has 0 aliphatic carbocycles. The van der Waals surface area contributed by atoms with Crippen LogP contribution in [0.1, 0.15) is 34.8 Å². The minimum atomic E-state index is -0.365. The molecule has 0 unspecified atom stereocenters. The van der Waals surface area contributed by atoms with Gasteiger partial charge in [-0.2, -0.15) is 0 Å². The molecule has 1 fully saturated rings. The SMILES string of the molecule is CO[C@@H]1[C@H](N)C[C@H]2O[C@@H]1n1c3ccccc3c3c4c(c5c6ccccc6n2c5c31)C(=O)NC4. The van der Waals surface area contributed by atoms with Crippen LogP contribution in [0.25, 0.3) is 43.6 Å². The number of hydrogen-bond acceptors (Lipinski definition) is 4. The van der Waals surface area contributed by atoms with Gasteiger partial charge in [-0.3, -0.25) is 4.79 Å². The van der Waals surface area contributed by atoms with Gasteiger partial charge in [0.25, 0.3) is 5.91 Å². The van der Waals surface area contributed by atoms with Crippen molar-refractivity contribution in [2.45, 2.75) is 37.6 Å². The van der Waals surface area contributed by atoms with Gasteiger partial charge in [-0.1, -0.05) is 36.4 Å². The van der Waals surface area contributed by atoms with E-state index in [1.54, 1.807) is 7.11 Å². The molecule has 0 radical (unpaired) electrons. The Morgan fingerprint density at radius 2 is 1.67 bits per heavy atom. The number of methoxy groups -OCH3 is 1. The van der Waals surface area contributed by atoms with E-state index in [1.165, 1.54) is 0 Å². The largest absolute Gasteiger partial charge is 0.375 e. The number of nitrogens with one attached hydrogen (secondary N) is 1. The smallest absolute Gasteiger partial charge is 0.252 e. The first-order chi connectivity index (χ1) is 16.2. The molecule has 3 aliphatic rings. The van der Waals surface area contributed by atoms with E-state index >= 15 is 0 Å². The molecule has 3 N–H and O–H groups in total. The Hall–Kier alpha value is -3.39. The average molecular weight is 438 g/mol. The lowest BCUT2D eigenvalue weighted by Crippen LogP contribution is -2.49. The maximum absolute atomic E-state index is 13.2. The van der Waals surface area contributed by atoms with Crippen molar-refractivity contribution in [2.75, 3.05) is 7.11 Å². The number of nitrogens with zero attached hydrogens (tertiary/aromatic N) is 2. The number of aromatic nitrogens is 2. The van der Waals surface area contributed by atoms with Gasteiger partial charge < -0.3 is 29.7 Å². The van der Waals surface area contributed by atoms with Crippen molar-refractivity contribution in [3.05, 3.63) is 59.7 Å². The van der Waals surface area contributed by atoms with Crippen molar-refractivity contribution >= 4 is 49.5 Å². The number of para-hydroxylation sites is 2. The van der Waals surface area contributed by atoms with Gasteiger partial charge >= 0.3 is 0 Å². The van der Waals surface area contributed by atoms with Crippen LogP contribution in [-0.4, -0.2) is 34.3 Å². The third-order valence-corrected chi connectivity index (χ3v) is 7.84. The van der Waals surface area contributed by atoms with Gasteiger partial charge in [0.15, 0.2) is 6.23 Å². The summed E-state index contributed by atoms with van der Waals surface area (Å²) in [5, 5.41) is 7.42. The third-order valence-electron chi connectivity index (χ3n) is 7.84. The minimum Gasteiger partial charge on any atom is -0.375 e. The molecule has 33 heavy (non-hydrogen) atoms. The van der Waals surface area contributed by atoms with Crippen LogP contribution in [0.4, 0.5) is 0 Å². The number of nitrogens with two attached hydrogens (primary N) is 1. The number of ether oxygens (including phenoxy) is 2. The summed E-state index contributed by atoms with van der Waals surface area (Å²) in [6.07, 6.45) is -0.255. The van der Waals surface area contributed by atoms with Gasteiger partial charge in [0.05, 0.1) is 27.6 Å². The number of rotatable bonds is 1. The molecule has 164 valence electrons. The zero-order chi connectivity index (χ0) is 22.0. The number of hydrogen-bond donors (Lipinski definition) is 2. The number of carbonyl (C=O) groups excluding carboxylic acids is 1. The molecule has 4 atom stereocenters. The molecule has 3 aliphatic heterocycles. The molecular weight excluding hydrogens is 416 g/mol. The molecule has 3 aromatic carbocycles. The summed E-state index contributed by atoms with van der Waals surface area (Å²) in [4.78, 5) is 13.2. The van der Waals surface area contributed by atoms with Crippen LogP contribution in [0.15, 0.2) is 48.5 Å². The Labute approximate surface area is 188 Å². The van der Waals surface area contributed by atoms with E-state index in [0.29, 0.717) is 13.0 Å². The Kier molecular flexibility index (Phi) is 3.25. The first-order valence-electron chi connectivity index (χ1n) is 11.4. The molecule has 0 spiro atoms. The Morgan fingerprint density at radius 3 is 2.42 bits per heavy atom. The van der Waals surface area contributed by atoms with Crippen molar-refractivity contribution in [1.82, 2.24) is 14.5 Å². The van der Waals surface area contributed by atoms with Crippen molar-refractivity contribution in [1.29, 1.82) is 0 Å². The van der Waals surface area contributed by atoms with Crippen LogP contribution < -0.4 is 11.1 Å². The molecule has 5 aromatic rings. The van der Waals surface area contributed by atoms with Crippen LogP contribution in [-0.2, 0) is 16.0 Å². The topological polar surface area (TPSA) is 83.4 Å². The molecule has 8 rings (SSSR count). The normalized spacial score (nSPS) is 25.9. The molecule has 7 heteroatoms. The summed E-state index contributed by atoms with van der Waals surface area (Å²) in [6, 6.07) is 16.5. The minimum absolute atomic E-state index is 0.00811. The lowest BCUT2D eigenvalue weighted by molar-refractivity contribution is -0.188. The number of fused-ring (bicyclic) bond motifs is 13. The second-order valence-corrected chi connectivity index (χ2v) is 9.34. The summed E-state index contributed by atoms with van der Waals surface area (Å²) in [5.41, 5.74) is 12.8. The predicted octanol–water partition coefficient (Wildman–Crippen LogP) is 3.92. The van der Waals surface area contributed by atoms with E-state index in [1.807, 2.05) is 18.2 Å².